The van der Waals surface area contributed by atoms with Gasteiger partial charge in [0.15, 0.2) is 9.84 Å². The van der Waals surface area contributed by atoms with Crippen LogP contribution in [0.15, 0.2) is 40.7 Å². The summed E-state index contributed by atoms with van der Waals surface area (Å²) in [5.41, 5.74) is 0.282. The number of benzene rings is 1. The fraction of sp³-hybridized carbons (Fsp3) is 0.235. The Bertz CT molecular complexity index is 972. The first kappa shape index (κ1) is 19.7. The molecule has 142 valence electrons. The number of hydrogen-bond donors (Lipinski definition) is 1. The molecule has 0 radical (unpaired) electrons. The Kier molecular flexibility index (Phi) is 5.78. The summed E-state index contributed by atoms with van der Waals surface area (Å²) in [5.74, 6) is -1.37. The van der Waals surface area contributed by atoms with E-state index in [-0.39, 0.29) is 41.0 Å². The second-order valence-corrected chi connectivity index (χ2v) is 9.54. The lowest BCUT2D eigenvalue weighted by molar-refractivity contribution is -0.124. The molecule has 10 heteroatoms. The van der Waals surface area contributed by atoms with Gasteiger partial charge < -0.3 is 5.32 Å². The number of hydrogen-bond acceptors (Lipinski definition) is 6. The lowest BCUT2D eigenvalue weighted by Crippen LogP contribution is -2.38. The van der Waals surface area contributed by atoms with Gasteiger partial charge in [-0.2, -0.15) is 0 Å². The third-order valence-electron chi connectivity index (χ3n) is 3.90. The van der Waals surface area contributed by atoms with Crippen LogP contribution in [0.5, 0.6) is 0 Å². The fourth-order valence-electron chi connectivity index (χ4n) is 2.58. The standard InChI is InChI=1S/C17H15FN2O4S3/c18-13-4-2-1-3-11(13)9-14-16(22)20(17(25)26-14)7-5-15(21)19-12-6-8-27(23,24)10-12/h1-4,6,8-9,12H,5,7,10H2,(H,19,21). The van der Waals surface area contributed by atoms with Gasteiger partial charge in [-0.1, -0.05) is 42.2 Å². The zero-order valence-electron chi connectivity index (χ0n) is 13.9. The van der Waals surface area contributed by atoms with Crippen LogP contribution in [0.3, 0.4) is 0 Å². The number of halogens is 1. The summed E-state index contributed by atoms with van der Waals surface area (Å²) < 4.78 is 36.7. The van der Waals surface area contributed by atoms with Crippen molar-refractivity contribution in [1.82, 2.24) is 10.2 Å². The molecule has 27 heavy (non-hydrogen) atoms. The average molecular weight is 427 g/mol. The van der Waals surface area contributed by atoms with Gasteiger partial charge in [0.1, 0.15) is 10.1 Å². The number of rotatable bonds is 5. The molecule has 3 rings (SSSR count). The number of thiocarbonyl (C=S) groups is 1. The maximum Gasteiger partial charge on any atom is 0.266 e. The molecule has 0 saturated carbocycles. The highest BCUT2D eigenvalue weighted by Crippen LogP contribution is 2.32. The van der Waals surface area contributed by atoms with Crippen LogP contribution in [0.4, 0.5) is 4.39 Å². The van der Waals surface area contributed by atoms with Gasteiger partial charge in [-0.05, 0) is 18.2 Å². The lowest BCUT2D eigenvalue weighted by Gasteiger charge is -2.15. The number of carbonyl (C=O) groups excluding carboxylic acids is 2. The Morgan fingerprint density at radius 1 is 1.41 bits per heavy atom. The van der Waals surface area contributed by atoms with Gasteiger partial charge in [-0.15, -0.1) is 0 Å². The molecule has 0 spiro atoms. The Morgan fingerprint density at radius 3 is 2.81 bits per heavy atom. The number of nitrogens with one attached hydrogen (secondary N) is 1. The van der Waals surface area contributed by atoms with Crippen molar-refractivity contribution in [3.8, 4) is 0 Å². The van der Waals surface area contributed by atoms with Crippen LogP contribution in [0, 0.1) is 5.82 Å². The minimum absolute atomic E-state index is 0.0240. The highest BCUT2D eigenvalue weighted by Gasteiger charge is 2.32. The van der Waals surface area contributed by atoms with Crippen LogP contribution < -0.4 is 5.32 Å². The molecule has 6 nitrogen and oxygen atoms in total. The third-order valence-corrected chi connectivity index (χ3v) is 6.68. The van der Waals surface area contributed by atoms with E-state index in [4.69, 9.17) is 12.2 Å². The summed E-state index contributed by atoms with van der Waals surface area (Å²) in [6, 6.07) is 5.51. The van der Waals surface area contributed by atoms with Gasteiger partial charge in [0.05, 0.1) is 16.7 Å². The first-order chi connectivity index (χ1) is 12.7. The summed E-state index contributed by atoms with van der Waals surface area (Å²) in [5, 5.41) is 3.67. The minimum Gasteiger partial charge on any atom is -0.349 e. The van der Waals surface area contributed by atoms with Crippen molar-refractivity contribution in [3.63, 3.8) is 0 Å². The Balaban J connectivity index is 1.59. The monoisotopic (exact) mass is 426 g/mol. The Labute approximate surface area is 165 Å². The maximum atomic E-state index is 13.8. The van der Waals surface area contributed by atoms with Crippen molar-refractivity contribution in [3.05, 3.63) is 52.0 Å². The summed E-state index contributed by atoms with van der Waals surface area (Å²) in [6.07, 6.45) is 2.83. The van der Waals surface area contributed by atoms with Crippen LogP contribution in [0.25, 0.3) is 6.08 Å². The molecule has 1 unspecified atom stereocenters. The molecule has 2 aliphatic rings. The van der Waals surface area contributed by atoms with E-state index in [1.54, 1.807) is 18.2 Å². The lowest BCUT2D eigenvalue weighted by atomic mass is 10.2. The second-order valence-electron chi connectivity index (χ2n) is 5.94. The number of carbonyl (C=O) groups is 2. The summed E-state index contributed by atoms with van der Waals surface area (Å²) in [4.78, 5) is 26.1. The molecule has 1 N–H and O–H groups in total. The van der Waals surface area contributed by atoms with Crippen LogP contribution >= 0.6 is 24.0 Å². The summed E-state index contributed by atoms with van der Waals surface area (Å²) in [6.45, 7) is 0.0638. The largest absolute Gasteiger partial charge is 0.349 e. The molecule has 0 aromatic heterocycles. The van der Waals surface area contributed by atoms with Gasteiger partial charge in [0.2, 0.25) is 5.91 Å². The highest BCUT2D eigenvalue weighted by atomic mass is 32.2. The molecule has 0 aliphatic carbocycles. The number of nitrogens with zero attached hydrogens (tertiary/aromatic N) is 1. The van der Waals surface area contributed by atoms with Crippen molar-refractivity contribution in [1.29, 1.82) is 0 Å². The molecule has 0 bridgehead atoms. The highest BCUT2D eigenvalue weighted by molar-refractivity contribution is 8.26. The van der Waals surface area contributed by atoms with E-state index in [1.807, 2.05) is 0 Å². The normalized spacial score (nSPS) is 22.6. The van der Waals surface area contributed by atoms with Crippen molar-refractivity contribution in [2.24, 2.45) is 0 Å². The predicted octanol–water partition coefficient (Wildman–Crippen LogP) is 1.84. The molecule has 2 amide bonds. The zero-order valence-corrected chi connectivity index (χ0v) is 16.4. The average Bonchev–Trinajstić information content (AvgIpc) is 3.07. The van der Waals surface area contributed by atoms with E-state index >= 15 is 0 Å². The van der Waals surface area contributed by atoms with Crippen molar-refractivity contribution in [2.45, 2.75) is 12.5 Å². The van der Waals surface area contributed by atoms with Crippen LogP contribution in [-0.4, -0.2) is 47.8 Å². The topological polar surface area (TPSA) is 83.6 Å². The van der Waals surface area contributed by atoms with Gasteiger partial charge in [-0.3, -0.25) is 14.5 Å². The molecule has 1 aromatic rings. The molecular weight excluding hydrogens is 411 g/mol. The third kappa shape index (κ3) is 4.82. The predicted molar refractivity (Wildman–Crippen MR) is 106 cm³/mol. The van der Waals surface area contributed by atoms with Crippen LogP contribution in [0.2, 0.25) is 0 Å². The van der Waals surface area contributed by atoms with Crippen LogP contribution in [0.1, 0.15) is 12.0 Å². The fourth-order valence-corrected chi connectivity index (χ4v) is 5.12. The second kappa shape index (κ2) is 7.91. The SMILES string of the molecule is O=C(CCN1C(=O)C(=Cc2ccccc2F)SC1=S)NC1C=CS(=O)(=O)C1. The molecule has 1 fully saturated rings. The Morgan fingerprint density at radius 2 is 2.15 bits per heavy atom. The van der Waals surface area contributed by atoms with Crippen molar-refractivity contribution >= 4 is 56.0 Å². The smallest absolute Gasteiger partial charge is 0.266 e. The van der Waals surface area contributed by atoms with Crippen molar-refractivity contribution < 1.29 is 22.4 Å². The molecular formula is C17H15FN2O4S3. The number of amides is 2. The zero-order chi connectivity index (χ0) is 19.6. The van der Waals surface area contributed by atoms with E-state index in [9.17, 15) is 22.4 Å². The van der Waals surface area contributed by atoms with E-state index < -0.39 is 21.7 Å². The molecule has 2 aliphatic heterocycles. The number of sulfone groups is 1. The van der Waals surface area contributed by atoms with E-state index in [1.165, 1.54) is 23.1 Å². The number of thioether (sulfide) groups is 1. The van der Waals surface area contributed by atoms with Gasteiger partial charge in [-0.25, -0.2) is 12.8 Å². The molecule has 1 aromatic carbocycles. The maximum absolute atomic E-state index is 13.8. The van der Waals surface area contributed by atoms with Crippen LogP contribution in [-0.2, 0) is 19.4 Å². The minimum atomic E-state index is -3.25. The van der Waals surface area contributed by atoms with E-state index in [2.05, 4.69) is 5.32 Å². The summed E-state index contributed by atoms with van der Waals surface area (Å²) in [7, 11) is -3.25. The molecule has 2 heterocycles. The Hall–Kier alpha value is -2.04. The summed E-state index contributed by atoms with van der Waals surface area (Å²) >= 11 is 6.23. The van der Waals surface area contributed by atoms with E-state index in [0.29, 0.717) is 4.32 Å². The van der Waals surface area contributed by atoms with Gasteiger partial charge >= 0.3 is 0 Å². The molecule has 1 atom stereocenters. The van der Waals surface area contributed by atoms with Crippen molar-refractivity contribution in [2.75, 3.05) is 12.3 Å². The first-order valence-electron chi connectivity index (χ1n) is 7.95. The van der Waals surface area contributed by atoms with Gasteiger partial charge in [0, 0.05) is 23.9 Å². The van der Waals surface area contributed by atoms with E-state index in [0.717, 1.165) is 17.2 Å². The first-order valence-corrected chi connectivity index (χ1v) is 10.9. The molecule has 1 saturated heterocycles. The quantitative estimate of drug-likeness (QED) is 0.572. The van der Waals surface area contributed by atoms with Gasteiger partial charge in [0.25, 0.3) is 5.91 Å².